The van der Waals surface area contributed by atoms with E-state index < -0.39 is 22.8 Å². The lowest BCUT2D eigenvalue weighted by molar-refractivity contribution is -0.385. The summed E-state index contributed by atoms with van der Waals surface area (Å²) >= 11 is 0. The average Bonchev–Trinajstić information content (AvgIpc) is 2.91. The molecule has 192 valence electrons. The second-order valence-electron chi connectivity index (χ2n) is 8.42. The van der Waals surface area contributed by atoms with E-state index >= 15 is 0 Å². The molecule has 2 N–H and O–H groups in total. The van der Waals surface area contributed by atoms with Crippen molar-refractivity contribution in [3.63, 3.8) is 0 Å². The third-order valence-corrected chi connectivity index (χ3v) is 5.39. The SMILES string of the molecule is COc1ccc(C(=O)NC(C(=O)NN=Cc2ccc(OCc3ccccc3)c([N+](=O)[O-])c2)C(C)C)cc1. The van der Waals surface area contributed by atoms with Crippen molar-refractivity contribution in [1.82, 2.24) is 10.7 Å². The number of carbonyl (C=O) groups is 2. The molecule has 3 rings (SSSR count). The van der Waals surface area contributed by atoms with Gasteiger partial charge in [-0.2, -0.15) is 5.10 Å². The van der Waals surface area contributed by atoms with Gasteiger partial charge in [-0.05, 0) is 47.9 Å². The highest BCUT2D eigenvalue weighted by atomic mass is 16.6. The van der Waals surface area contributed by atoms with E-state index in [-0.39, 0.29) is 24.0 Å². The molecule has 0 radical (unpaired) electrons. The van der Waals surface area contributed by atoms with Gasteiger partial charge < -0.3 is 14.8 Å². The molecule has 1 unspecified atom stereocenters. The summed E-state index contributed by atoms with van der Waals surface area (Å²) in [5.41, 5.74) is 3.82. The molecule has 3 aromatic carbocycles. The van der Waals surface area contributed by atoms with Crippen molar-refractivity contribution in [3.05, 3.63) is 99.6 Å². The minimum atomic E-state index is -0.852. The molecule has 10 nitrogen and oxygen atoms in total. The predicted molar refractivity (Wildman–Crippen MR) is 139 cm³/mol. The molecule has 0 saturated heterocycles. The normalized spacial score (nSPS) is 11.7. The number of nitro benzene ring substituents is 1. The van der Waals surface area contributed by atoms with Crippen LogP contribution in [0, 0.1) is 16.0 Å². The maximum atomic E-state index is 12.7. The Balaban J connectivity index is 1.63. The number of nitro groups is 1. The summed E-state index contributed by atoms with van der Waals surface area (Å²) < 4.78 is 10.7. The fourth-order valence-electron chi connectivity index (χ4n) is 3.36. The zero-order chi connectivity index (χ0) is 26.8. The van der Waals surface area contributed by atoms with Crippen molar-refractivity contribution in [2.45, 2.75) is 26.5 Å². The minimum absolute atomic E-state index is 0.121. The first kappa shape index (κ1) is 26.9. The number of ether oxygens (including phenoxy) is 2. The Bertz CT molecular complexity index is 1260. The zero-order valence-electron chi connectivity index (χ0n) is 20.7. The Hall–Kier alpha value is -4.73. The van der Waals surface area contributed by atoms with Crippen molar-refractivity contribution >= 4 is 23.7 Å². The highest BCUT2D eigenvalue weighted by Crippen LogP contribution is 2.28. The van der Waals surface area contributed by atoms with Gasteiger partial charge >= 0.3 is 5.69 Å². The van der Waals surface area contributed by atoms with Gasteiger partial charge in [-0.15, -0.1) is 0 Å². The summed E-state index contributed by atoms with van der Waals surface area (Å²) in [5.74, 6) is -0.427. The van der Waals surface area contributed by atoms with Crippen LogP contribution in [0.2, 0.25) is 0 Å². The van der Waals surface area contributed by atoms with Crippen LogP contribution in [0.1, 0.15) is 35.3 Å². The van der Waals surface area contributed by atoms with Crippen LogP contribution in [0.5, 0.6) is 11.5 Å². The van der Waals surface area contributed by atoms with E-state index in [4.69, 9.17) is 9.47 Å². The first-order valence-corrected chi connectivity index (χ1v) is 11.5. The smallest absolute Gasteiger partial charge is 0.311 e. The number of amides is 2. The molecule has 0 aliphatic rings. The van der Waals surface area contributed by atoms with Gasteiger partial charge in [0, 0.05) is 17.2 Å². The second-order valence-corrected chi connectivity index (χ2v) is 8.42. The molecular formula is C27H28N4O6. The largest absolute Gasteiger partial charge is 0.497 e. The number of carbonyl (C=O) groups excluding carboxylic acids is 2. The number of nitrogens with zero attached hydrogens (tertiary/aromatic N) is 2. The van der Waals surface area contributed by atoms with Crippen LogP contribution in [-0.2, 0) is 11.4 Å². The maximum Gasteiger partial charge on any atom is 0.311 e. The molecular weight excluding hydrogens is 476 g/mol. The molecule has 0 aliphatic heterocycles. The molecule has 10 heteroatoms. The van der Waals surface area contributed by atoms with Gasteiger partial charge in [0.05, 0.1) is 18.2 Å². The van der Waals surface area contributed by atoms with E-state index in [1.165, 1.54) is 25.5 Å². The topological polar surface area (TPSA) is 132 Å². The van der Waals surface area contributed by atoms with Crippen LogP contribution in [0.15, 0.2) is 77.9 Å². The van der Waals surface area contributed by atoms with Crippen LogP contribution in [0.4, 0.5) is 5.69 Å². The van der Waals surface area contributed by atoms with Gasteiger partial charge in [-0.1, -0.05) is 44.2 Å². The van der Waals surface area contributed by atoms with Crippen LogP contribution in [0.25, 0.3) is 0 Å². The van der Waals surface area contributed by atoms with Gasteiger partial charge in [0.25, 0.3) is 11.8 Å². The van der Waals surface area contributed by atoms with E-state index in [2.05, 4.69) is 15.8 Å². The maximum absolute atomic E-state index is 12.7. The predicted octanol–water partition coefficient (Wildman–Crippen LogP) is 4.09. The van der Waals surface area contributed by atoms with Gasteiger partial charge in [0.2, 0.25) is 0 Å². The number of nitrogens with one attached hydrogen (secondary N) is 2. The highest BCUT2D eigenvalue weighted by Gasteiger charge is 2.24. The van der Waals surface area contributed by atoms with Gasteiger partial charge in [-0.3, -0.25) is 19.7 Å². The summed E-state index contributed by atoms with van der Waals surface area (Å²) in [6.45, 7) is 3.77. The van der Waals surface area contributed by atoms with Crippen LogP contribution < -0.4 is 20.2 Å². The van der Waals surface area contributed by atoms with E-state index in [0.29, 0.717) is 16.9 Å². The lowest BCUT2D eigenvalue weighted by atomic mass is 10.0. The number of hydrogen-bond donors (Lipinski definition) is 2. The van der Waals surface area contributed by atoms with E-state index in [1.807, 2.05) is 30.3 Å². The van der Waals surface area contributed by atoms with Gasteiger partial charge in [-0.25, -0.2) is 5.43 Å². The standard InChI is InChI=1S/C27H28N4O6/c1-18(2)25(29-26(32)21-10-12-22(36-3)13-11-21)27(33)30-28-16-20-9-14-24(23(15-20)31(34)35)37-17-19-7-5-4-6-8-19/h4-16,18,25H,17H2,1-3H3,(H,29,32)(H,30,33). The van der Waals surface area contributed by atoms with E-state index in [1.54, 1.807) is 44.2 Å². The summed E-state index contributed by atoms with van der Waals surface area (Å²) in [5, 5.41) is 18.2. The number of hydrogen-bond acceptors (Lipinski definition) is 7. The monoisotopic (exact) mass is 504 g/mol. The molecule has 0 aliphatic carbocycles. The number of benzene rings is 3. The Morgan fingerprint density at radius 1 is 1.05 bits per heavy atom. The Morgan fingerprint density at radius 2 is 1.76 bits per heavy atom. The Kier molecular flexibility index (Phi) is 9.31. The average molecular weight is 505 g/mol. The summed E-state index contributed by atoms with van der Waals surface area (Å²) in [6, 6.07) is 19.3. The molecule has 1 atom stereocenters. The van der Waals surface area contributed by atoms with Crippen molar-refractivity contribution < 1.29 is 24.0 Å². The van der Waals surface area contributed by atoms with Gasteiger partial charge in [0.15, 0.2) is 5.75 Å². The lowest BCUT2D eigenvalue weighted by Gasteiger charge is -2.20. The molecule has 3 aromatic rings. The van der Waals surface area contributed by atoms with E-state index in [0.717, 1.165) is 5.56 Å². The molecule has 0 spiro atoms. The fourth-order valence-corrected chi connectivity index (χ4v) is 3.36. The second kappa shape index (κ2) is 12.8. The fraction of sp³-hybridized carbons (Fsp3) is 0.222. The first-order valence-electron chi connectivity index (χ1n) is 11.5. The third kappa shape index (κ3) is 7.63. The van der Waals surface area contributed by atoms with Crippen LogP contribution in [-0.4, -0.2) is 36.1 Å². The van der Waals surface area contributed by atoms with E-state index in [9.17, 15) is 19.7 Å². The van der Waals surface area contributed by atoms with Crippen molar-refractivity contribution in [2.75, 3.05) is 7.11 Å². The molecule has 0 bridgehead atoms. The Labute approximate surface area is 214 Å². The van der Waals surface area contributed by atoms with Crippen LogP contribution >= 0.6 is 0 Å². The summed E-state index contributed by atoms with van der Waals surface area (Å²) in [7, 11) is 1.53. The third-order valence-electron chi connectivity index (χ3n) is 5.39. The van der Waals surface area contributed by atoms with Crippen molar-refractivity contribution in [2.24, 2.45) is 11.0 Å². The molecule has 37 heavy (non-hydrogen) atoms. The first-order chi connectivity index (χ1) is 17.8. The number of methoxy groups -OCH3 is 1. The minimum Gasteiger partial charge on any atom is -0.497 e. The lowest BCUT2D eigenvalue weighted by Crippen LogP contribution is -2.48. The molecule has 0 fully saturated rings. The van der Waals surface area contributed by atoms with Crippen molar-refractivity contribution in [1.29, 1.82) is 0 Å². The van der Waals surface area contributed by atoms with Crippen LogP contribution in [0.3, 0.4) is 0 Å². The molecule has 0 heterocycles. The summed E-state index contributed by atoms with van der Waals surface area (Å²) in [4.78, 5) is 36.3. The number of hydrazone groups is 1. The molecule has 2 amide bonds. The zero-order valence-corrected chi connectivity index (χ0v) is 20.7. The van der Waals surface area contributed by atoms with Crippen molar-refractivity contribution in [3.8, 4) is 11.5 Å². The Morgan fingerprint density at radius 3 is 2.38 bits per heavy atom. The molecule has 0 saturated carbocycles. The quantitative estimate of drug-likeness (QED) is 0.230. The number of rotatable bonds is 11. The van der Waals surface area contributed by atoms with Gasteiger partial charge in [0.1, 0.15) is 18.4 Å². The summed E-state index contributed by atoms with van der Waals surface area (Å²) in [6.07, 6.45) is 1.29. The highest BCUT2D eigenvalue weighted by molar-refractivity contribution is 5.97. The molecule has 0 aromatic heterocycles.